The van der Waals surface area contributed by atoms with Crippen molar-refractivity contribution in [2.45, 2.75) is 6.61 Å². The maximum Gasteiger partial charge on any atom is 0.153 e. The SMILES string of the molecule is COc1ccc(OCc2cccc(Cl)c2)c(C=O)c1. The van der Waals surface area contributed by atoms with E-state index in [1.54, 1.807) is 31.4 Å². The van der Waals surface area contributed by atoms with Crippen LogP contribution in [-0.4, -0.2) is 13.4 Å². The van der Waals surface area contributed by atoms with E-state index in [0.717, 1.165) is 11.8 Å². The smallest absolute Gasteiger partial charge is 0.153 e. The lowest BCUT2D eigenvalue weighted by Crippen LogP contribution is -1.98. The van der Waals surface area contributed by atoms with Crippen molar-refractivity contribution >= 4 is 17.9 Å². The third kappa shape index (κ3) is 3.48. The normalized spacial score (nSPS) is 10.0. The Balaban J connectivity index is 2.13. The molecule has 0 unspecified atom stereocenters. The highest BCUT2D eigenvalue weighted by molar-refractivity contribution is 6.30. The first-order valence-corrected chi connectivity index (χ1v) is 6.11. The highest BCUT2D eigenvalue weighted by Gasteiger charge is 2.05. The van der Waals surface area contributed by atoms with Crippen LogP contribution in [0.4, 0.5) is 0 Å². The van der Waals surface area contributed by atoms with Gasteiger partial charge in [-0.25, -0.2) is 0 Å². The molecule has 3 nitrogen and oxygen atoms in total. The molecule has 4 heteroatoms. The van der Waals surface area contributed by atoms with Crippen LogP contribution in [0, 0.1) is 0 Å². The van der Waals surface area contributed by atoms with Gasteiger partial charge in [-0.3, -0.25) is 4.79 Å². The molecule has 0 aliphatic rings. The Morgan fingerprint density at radius 1 is 1.21 bits per heavy atom. The van der Waals surface area contributed by atoms with Gasteiger partial charge in [0.2, 0.25) is 0 Å². The lowest BCUT2D eigenvalue weighted by atomic mass is 10.2. The van der Waals surface area contributed by atoms with Gasteiger partial charge in [0, 0.05) is 5.02 Å². The number of methoxy groups -OCH3 is 1. The molecule has 0 aromatic heterocycles. The molecule has 0 saturated heterocycles. The van der Waals surface area contributed by atoms with Gasteiger partial charge in [-0.2, -0.15) is 0 Å². The Labute approximate surface area is 116 Å². The van der Waals surface area contributed by atoms with Crippen LogP contribution in [0.3, 0.4) is 0 Å². The molecule has 0 fully saturated rings. The van der Waals surface area contributed by atoms with Gasteiger partial charge in [-0.1, -0.05) is 23.7 Å². The number of aldehydes is 1. The van der Waals surface area contributed by atoms with E-state index in [1.807, 2.05) is 18.2 Å². The van der Waals surface area contributed by atoms with Crippen LogP contribution in [0.5, 0.6) is 11.5 Å². The number of hydrogen-bond donors (Lipinski definition) is 0. The number of halogens is 1. The first-order valence-electron chi connectivity index (χ1n) is 5.73. The highest BCUT2D eigenvalue weighted by Crippen LogP contribution is 2.23. The summed E-state index contributed by atoms with van der Waals surface area (Å²) in [5.41, 5.74) is 1.40. The zero-order valence-electron chi connectivity index (χ0n) is 10.4. The summed E-state index contributed by atoms with van der Waals surface area (Å²) in [5, 5.41) is 0.659. The Morgan fingerprint density at radius 3 is 2.74 bits per heavy atom. The average Bonchev–Trinajstić information content (AvgIpc) is 2.45. The Hall–Kier alpha value is -2.00. The number of benzene rings is 2. The maximum atomic E-state index is 11.0. The second kappa shape index (κ2) is 6.25. The first kappa shape index (κ1) is 13.4. The van der Waals surface area contributed by atoms with Crippen molar-refractivity contribution in [2.24, 2.45) is 0 Å². The predicted octanol–water partition coefficient (Wildman–Crippen LogP) is 3.74. The first-order chi connectivity index (χ1) is 9.22. The van der Waals surface area contributed by atoms with Crippen molar-refractivity contribution < 1.29 is 14.3 Å². The lowest BCUT2D eigenvalue weighted by Gasteiger charge is -2.10. The number of rotatable bonds is 5. The average molecular weight is 277 g/mol. The minimum absolute atomic E-state index is 0.355. The number of carbonyl (C=O) groups excluding carboxylic acids is 1. The van der Waals surface area contributed by atoms with Crippen LogP contribution in [0.15, 0.2) is 42.5 Å². The molecule has 2 aromatic carbocycles. The molecule has 0 N–H and O–H groups in total. The van der Waals surface area contributed by atoms with Crippen LogP contribution in [0.2, 0.25) is 5.02 Å². The third-order valence-electron chi connectivity index (χ3n) is 2.63. The molecule has 0 heterocycles. The third-order valence-corrected chi connectivity index (χ3v) is 2.86. The van der Waals surface area contributed by atoms with Crippen LogP contribution in [0.25, 0.3) is 0 Å². The second-order valence-electron chi connectivity index (χ2n) is 3.94. The van der Waals surface area contributed by atoms with Gasteiger partial charge in [0.25, 0.3) is 0 Å². The van der Waals surface area contributed by atoms with Crippen LogP contribution in [-0.2, 0) is 6.61 Å². The van der Waals surface area contributed by atoms with Crippen molar-refractivity contribution in [3.63, 3.8) is 0 Å². The number of ether oxygens (including phenoxy) is 2. The summed E-state index contributed by atoms with van der Waals surface area (Å²) >= 11 is 5.90. The van der Waals surface area contributed by atoms with Crippen molar-refractivity contribution in [1.29, 1.82) is 0 Å². The molecule has 98 valence electrons. The van der Waals surface area contributed by atoms with Crippen LogP contribution in [0.1, 0.15) is 15.9 Å². The zero-order valence-corrected chi connectivity index (χ0v) is 11.2. The molecule has 0 amide bonds. The minimum atomic E-state index is 0.355. The second-order valence-corrected chi connectivity index (χ2v) is 4.38. The van der Waals surface area contributed by atoms with Gasteiger partial charge in [-0.05, 0) is 35.9 Å². The topological polar surface area (TPSA) is 35.5 Å². The molecule has 19 heavy (non-hydrogen) atoms. The maximum absolute atomic E-state index is 11.0. The van der Waals surface area contributed by atoms with Gasteiger partial charge in [-0.15, -0.1) is 0 Å². The molecule has 2 rings (SSSR count). The predicted molar refractivity (Wildman–Crippen MR) is 74.2 cm³/mol. The molecule has 0 aliphatic heterocycles. The fourth-order valence-corrected chi connectivity index (χ4v) is 1.88. The van der Waals surface area contributed by atoms with Crippen molar-refractivity contribution in [3.8, 4) is 11.5 Å². The van der Waals surface area contributed by atoms with E-state index in [9.17, 15) is 4.79 Å². The molecule has 0 saturated carbocycles. The van der Waals surface area contributed by atoms with E-state index < -0.39 is 0 Å². The van der Waals surface area contributed by atoms with E-state index in [4.69, 9.17) is 21.1 Å². The van der Waals surface area contributed by atoms with Gasteiger partial charge in [0.15, 0.2) is 6.29 Å². The van der Waals surface area contributed by atoms with Gasteiger partial charge in [0.1, 0.15) is 18.1 Å². The highest BCUT2D eigenvalue weighted by atomic mass is 35.5. The molecule has 2 aromatic rings. The van der Waals surface area contributed by atoms with Crippen molar-refractivity contribution in [2.75, 3.05) is 7.11 Å². The summed E-state index contributed by atoms with van der Waals surface area (Å²) < 4.78 is 10.7. The molecule has 0 radical (unpaired) electrons. The standard InChI is InChI=1S/C15H13ClO3/c1-18-14-5-6-15(12(8-14)9-17)19-10-11-3-2-4-13(16)7-11/h2-9H,10H2,1H3. The van der Waals surface area contributed by atoms with Gasteiger partial charge >= 0.3 is 0 Å². The largest absolute Gasteiger partial charge is 0.497 e. The monoisotopic (exact) mass is 276 g/mol. The van der Waals surface area contributed by atoms with Gasteiger partial charge in [0.05, 0.1) is 12.7 Å². The summed E-state index contributed by atoms with van der Waals surface area (Å²) in [6.45, 7) is 0.355. The molecular formula is C15H13ClO3. The summed E-state index contributed by atoms with van der Waals surface area (Å²) in [6, 6.07) is 12.5. The van der Waals surface area contributed by atoms with Crippen LogP contribution >= 0.6 is 11.6 Å². The summed E-state index contributed by atoms with van der Waals surface area (Å²) in [4.78, 5) is 11.0. The Morgan fingerprint density at radius 2 is 2.05 bits per heavy atom. The summed E-state index contributed by atoms with van der Waals surface area (Å²) in [6.07, 6.45) is 0.746. The van der Waals surface area contributed by atoms with Crippen LogP contribution < -0.4 is 9.47 Å². The summed E-state index contributed by atoms with van der Waals surface area (Å²) in [7, 11) is 1.55. The number of hydrogen-bond acceptors (Lipinski definition) is 3. The fraction of sp³-hybridized carbons (Fsp3) is 0.133. The molecule has 0 bridgehead atoms. The molecule has 0 aliphatic carbocycles. The van der Waals surface area contributed by atoms with E-state index in [2.05, 4.69) is 0 Å². The van der Waals surface area contributed by atoms with E-state index in [1.165, 1.54) is 0 Å². The number of carbonyl (C=O) groups is 1. The quantitative estimate of drug-likeness (QED) is 0.781. The Bertz CT molecular complexity index is 581. The van der Waals surface area contributed by atoms with E-state index in [0.29, 0.717) is 28.7 Å². The Kier molecular flexibility index (Phi) is 4.42. The van der Waals surface area contributed by atoms with Crippen molar-refractivity contribution in [3.05, 3.63) is 58.6 Å². The molecule has 0 spiro atoms. The van der Waals surface area contributed by atoms with Crippen molar-refractivity contribution in [1.82, 2.24) is 0 Å². The minimum Gasteiger partial charge on any atom is -0.497 e. The molecule has 0 atom stereocenters. The zero-order chi connectivity index (χ0) is 13.7. The summed E-state index contributed by atoms with van der Waals surface area (Å²) in [5.74, 6) is 1.15. The van der Waals surface area contributed by atoms with Gasteiger partial charge < -0.3 is 9.47 Å². The fourth-order valence-electron chi connectivity index (χ4n) is 1.66. The lowest BCUT2D eigenvalue weighted by molar-refractivity contribution is 0.111. The van der Waals surface area contributed by atoms with E-state index >= 15 is 0 Å². The van der Waals surface area contributed by atoms with E-state index in [-0.39, 0.29) is 0 Å². The molecular weight excluding hydrogens is 264 g/mol.